The smallest absolute Gasteiger partial charge is 0.256 e. The lowest BCUT2D eigenvalue weighted by Gasteiger charge is -2.11. The number of hydrogen-bond donors (Lipinski definition) is 2. The molecule has 0 heterocycles. The first-order valence-corrected chi connectivity index (χ1v) is 6.32. The maximum Gasteiger partial charge on any atom is 0.256 e. The van der Waals surface area contributed by atoms with Crippen LogP contribution in [-0.2, 0) is 0 Å². The summed E-state index contributed by atoms with van der Waals surface area (Å²) in [5.41, 5.74) is 9.60. The van der Waals surface area contributed by atoms with Crippen molar-refractivity contribution in [2.45, 2.75) is 20.8 Å². The van der Waals surface area contributed by atoms with Gasteiger partial charge in [0.05, 0.1) is 5.69 Å². The average Bonchev–Trinajstić information content (AvgIpc) is 2.38. The number of nitrogens with two attached hydrogens (primary N) is 1. The van der Waals surface area contributed by atoms with Crippen LogP contribution in [0.25, 0.3) is 0 Å². The third-order valence-corrected chi connectivity index (χ3v) is 3.23. The van der Waals surface area contributed by atoms with E-state index in [0.717, 1.165) is 16.7 Å². The number of hydrogen-bond acceptors (Lipinski definition) is 2. The van der Waals surface area contributed by atoms with E-state index < -0.39 is 5.82 Å². The molecule has 0 atom stereocenters. The second-order valence-electron chi connectivity index (χ2n) is 4.96. The van der Waals surface area contributed by atoms with Gasteiger partial charge in [-0.05, 0) is 55.7 Å². The maximum absolute atomic E-state index is 13.7. The van der Waals surface area contributed by atoms with Gasteiger partial charge >= 0.3 is 0 Å². The summed E-state index contributed by atoms with van der Waals surface area (Å²) >= 11 is 0. The van der Waals surface area contributed by atoms with E-state index in [1.54, 1.807) is 18.2 Å². The first kappa shape index (κ1) is 14.1. The van der Waals surface area contributed by atoms with Gasteiger partial charge in [-0.15, -0.1) is 0 Å². The summed E-state index contributed by atoms with van der Waals surface area (Å²) in [6.45, 7) is 5.54. The highest BCUT2D eigenvalue weighted by molar-refractivity contribution is 6.06. The maximum atomic E-state index is 13.7. The summed E-state index contributed by atoms with van der Waals surface area (Å²) in [5, 5.41) is 2.59. The van der Waals surface area contributed by atoms with Gasteiger partial charge in [0, 0.05) is 11.3 Å². The van der Waals surface area contributed by atoms with Crippen LogP contribution in [0.4, 0.5) is 15.8 Å². The van der Waals surface area contributed by atoms with Crippen LogP contribution in [0.5, 0.6) is 0 Å². The molecule has 0 aromatic heterocycles. The lowest BCUT2D eigenvalue weighted by molar-refractivity contribution is 0.102. The number of carbonyl (C=O) groups is 1. The monoisotopic (exact) mass is 272 g/mol. The van der Waals surface area contributed by atoms with Crippen molar-refractivity contribution < 1.29 is 9.18 Å². The van der Waals surface area contributed by atoms with Crippen molar-refractivity contribution in [3.8, 4) is 0 Å². The normalized spacial score (nSPS) is 10.4. The number of aryl methyl sites for hydroxylation is 3. The van der Waals surface area contributed by atoms with E-state index in [1.807, 2.05) is 26.8 Å². The quantitative estimate of drug-likeness (QED) is 0.821. The standard InChI is InChI=1S/C16H17FN2O/c1-9-4-5-13(17)15(6-9)19-16(20)12-8-14(18)11(3)7-10(12)2/h4-8H,18H2,1-3H3,(H,19,20). The van der Waals surface area contributed by atoms with Crippen molar-refractivity contribution in [2.24, 2.45) is 0 Å². The number of carbonyl (C=O) groups excluding carboxylic acids is 1. The molecule has 104 valence electrons. The molecule has 0 aliphatic rings. The van der Waals surface area contributed by atoms with Gasteiger partial charge in [-0.2, -0.15) is 0 Å². The van der Waals surface area contributed by atoms with Gasteiger partial charge < -0.3 is 11.1 Å². The number of rotatable bonds is 2. The Morgan fingerprint density at radius 3 is 2.50 bits per heavy atom. The molecule has 2 aromatic rings. The van der Waals surface area contributed by atoms with Gasteiger partial charge in [-0.3, -0.25) is 4.79 Å². The highest BCUT2D eigenvalue weighted by Crippen LogP contribution is 2.21. The molecule has 2 aromatic carbocycles. The number of nitrogen functional groups attached to an aromatic ring is 1. The van der Waals surface area contributed by atoms with E-state index >= 15 is 0 Å². The minimum atomic E-state index is -0.457. The molecule has 0 unspecified atom stereocenters. The highest BCUT2D eigenvalue weighted by Gasteiger charge is 2.13. The zero-order chi connectivity index (χ0) is 14.9. The predicted molar refractivity (Wildman–Crippen MR) is 79.4 cm³/mol. The molecule has 20 heavy (non-hydrogen) atoms. The summed E-state index contributed by atoms with van der Waals surface area (Å²) in [6.07, 6.45) is 0. The predicted octanol–water partition coefficient (Wildman–Crippen LogP) is 3.59. The summed E-state index contributed by atoms with van der Waals surface area (Å²) in [7, 11) is 0. The minimum Gasteiger partial charge on any atom is -0.398 e. The summed E-state index contributed by atoms with van der Waals surface area (Å²) in [5.74, 6) is -0.819. The van der Waals surface area contributed by atoms with E-state index in [4.69, 9.17) is 5.73 Å². The molecule has 4 heteroatoms. The Hall–Kier alpha value is -2.36. The molecule has 3 N–H and O–H groups in total. The fourth-order valence-corrected chi connectivity index (χ4v) is 2.04. The third kappa shape index (κ3) is 2.79. The van der Waals surface area contributed by atoms with Crippen LogP contribution in [0, 0.1) is 26.6 Å². The molecule has 0 radical (unpaired) electrons. The largest absolute Gasteiger partial charge is 0.398 e. The van der Waals surface area contributed by atoms with E-state index in [1.165, 1.54) is 6.07 Å². The van der Waals surface area contributed by atoms with Gasteiger partial charge in [0.15, 0.2) is 0 Å². The Morgan fingerprint density at radius 2 is 1.80 bits per heavy atom. The van der Waals surface area contributed by atoms with Gasteiger partial charge in [0.25, 0.3) is 5.91 Å². The summed E-state index contributed by atoms with van der Waals surface area (Å²) in [4.78, 5) is 12.2. The number of benzene rings is 2. The van der Waals surface area contributed by atoms with Gasteiger partial charge in [0.2, 0.25) is 0 Å². The van der Waals surface area contributed by atoms with E-state index in [0.29, 0.717) is 11.3 Å². The molecule has 2 rings (SSSR count). The fraction of sp³-hybridized carbons (Fsp3) is 0.188. The highest BCUT2D eigenvalue weighted by atomic mass is 19.1. The molecule has 0 saturated carbocycles. The van der Waals surface area contributed by atoms with E-state index in [-0.39, 0.29) is 11.6 Å². The Morgan fingerprint density at radius 1 is 1.10 bits per heavy atom. The first-order chi connectivity index (χ1) is 9.38. The van der Waals surface area contributed by atoms with Crippen molar-refractivity contribution >= 4 is 17.3 Å². The molecule has 3 nitrogen and oxygen atoms in total. The molecular weight excluding hydrogens is 255 g/mol. The van der Waals surface area contributed by atoms with Crippen LogP contribution in [0.1, 0.15) is 27.0 Å². The average molecular weight is 272 g/mol. The Balaban J connectivity index is 2.33. The van der Waals surface area contributed by atoms with Crippen molar-refractivity contribution in [2.75, 3.05) is 11.1 Å². The molecule has 0 bridgehead atoms. The van der Waals surface area contributed by atoms with Crippen LogP contribution in [0.15, 0.2) is 30.3 Å². The van der Waals surface area contributed by atoms with Crippen molar-refractivity contribution in [1.82, 2.24) is 0 Å². The summed E-state index contributed by atoms with van der Waals surface area (Å²) < 4.78 is 13.7. The number of anilines is 2. The number of amides is 1. The zero-order valence-electron chi connectivity index (χ0n) is 11.8. The number of halogens is 1. The van der Waals surface area contributed by atoms with E-state index in [2.05, 4.69) is 5.32 Å². The molecule has 0 saturated heterocycles. The minimum absolute atomic E-state index is 0.175. The second-order valence-corrected chi connectivity index (χ2v) is 4.96. The first-order valence-electron chi connectivity index (χ1n) is 6.32. The van der Waals surface area contributed by atoms with Crippen LogP contribution in [0.2, 0.25) is 0 Å². The van der Waals surface area contributed by atoms with Gasteiger partial charge in [0.1, 0.15) is 5.82 Å². The lowest BCUT2D eigenvalue weighted by atomic mass is 10.0. The van der Waals surface area contributed by atoms with Crippen molar-refractivity contribution in [3.63, 3.8) is 0 Å². The lowest BCUT2D eigenvalue weighted by Crippen LogP contribution is -2.15. The van der Waals surface area contributed by atoms with Crippen LogP contribution in [0.3, 0.4) is 0 Å². The Kier molecular flexibility index (Phi) is 3.74. The van der Waals surface area contributed by atoms with E-state index in [9.17, 15) is 9.18 Å². The topological polar surface area (TPSA) is 55.1 Å². The molecule has 0 spiro atoms. The zero-order valence-corrected chi connectivity index (χ0v) is 11.8. The molecule has 0 fully saturated rings. The SMILES string of the molecule is Cc1ccc(F)c(NC(=O)c2cc(N)c(C)cc2C)c1. The van der Waals surface area contributed by atoms with Gasteiger partial charge in [-0.1, -0.05) is 12.1 Å². The molecule has 0 aliphatic heterocycles. The Labute approximate surface area is 117 Å². The van der Waals surface area contributed by atoms with Crippen LogP contribution in [-0.4, -0.2) is 5.91 Å². The van der Waals surface area contributed by atoms with Crippen LogP contribution < -0.4 is 11.1 Å². The van der Waals surface area contributed by atoms with Crippen molar-refractivity contribution in [3.05, 3.63) is 58.4 Å². The molecule has 1 amide bonds. The Bertz CT molecular complexity index is 680. The van der Waals surface area contributed by atoms with Crippen molar-refractivity contribution in [1.29, 1.82) is 0 Å². The summed E-state index contributed by atoms with van der Waals surface area (Å²) in [6, 6.07) is 8.05. The number of nitrogens with one attached hydrogen (secondary N) is 1. The molecule has 0 aliphatic carbocycles. The fourth-order valence-electron chi connectivity index (χ4n) is 2.04. The third-order valence-electron chi connectivity index (χ3n) is 3.23. The molecular formula is C16H17FN2O. The second kappa shape index (κ2) is 5.33. The van der Waals surface area contributed by atoms with Crippen LogP contribution >= 0.6 is 0 Å². The van der Waals surface area contributed by atoms with Gasteiger partial charge in [-0.25, -0.2) is 4.39 Å².